The predicted octanol–water partition coefficient (Wildman–Crippen LogP) is 10.2. The lowest BCUT2D eigenvalue weighted by molar-refractivity contribution is -0.116. The lowest BCUT2D eigenvalue weighted by Crippen LogP contribution is -2.30. The number of thioether (sulfide) groups is 1. The highest BCUT2D eigenvalue weighted by molar-refractivity contribution is 8.00. The lowest BCUT2D eigenvalue weighted by atomic mass is 10.0. The fourth-order valence-corrected chi connectivity index (χ4v) is 6.59. The van der Waals surface area contributed by atoms with Crippen molar-refractivity contribution in [2.24, 2.45) is 0 Å². The summed E-state index contributed by atoms with van der Waals surface area (Å²) in [7, 11) is 0. The fourth-order valence-electron chi connectivity index (χ4n) is 5.34. The van der Waals surface area contributed by atoms with Crippen molar-refractivity contribution in [3.05, 3.63) is 191 Å². The maximum absolute atomic E-state index is 13.8. The number of halogens is 1. The van der Waals surface area contributed by atoms with Crippen molar-refractivity contribution in [3.8, 4) is 11.1 Å². The van der Waals surface area contributed by atoms with Gasteiger partial charge in [0, 0.05) is 26.9 Å². The Kier molecular flexibility index (Phi) is 11.4. The highest BCUT2D eigenvalue weighted by Crippen LogP contribution is 2.38. The second-order valence-corrected chi connectivity index (χ2v) is 13.2. The Morgan fingerprint density at radius 3 is 2.00 bits per heavy atom. The molecule has 0 aromatic heterocycles. The SMILES string of the molecule is Cc1c(Cl)cccc1NC(=O)C(Sc1cccc(NC(=O)/C(=C\c2ccc(-c3ccccc3)cc2)NC(=O)c2ccccc2)c1)c1ccccc1. The third-order valence-electron chi connectivity index (χ3n) is 8.07. The van der Waals surface area contributed by atoms with Gasteiger partial charge in [0.15, 0.2) is 0 Å². The Morgan fingerprint density at radius 2 is 1.29 bits per heavy atom. The molecule has 0 heterocycles. The number of benzene rings is 6. The first-order valence-corrected chi connectivity index (χ1v) is 17.5. The summed E-state index contributed by atoms with van der Waals surface area (Å²) in [4.78, 5) is 41.5. The molecular formula is C43H34ClN3O3S. The summed E-state index contributed by atoms with van der Waals surface area (Å²) in [6.07, 6.45) is 1.65. The Hall–Kier alpha value is -5.89. The maximum Gasteiger partial charge on any atom is 0.272 e. The number of nitrogens with one attached hydrogen (secondary N) is 3. The molecule has 3 N–H and O–H groups in total. The zero-order valence-electron chi connectivity index (χ0n) is 27.7. The van der Waals surface area contributed by atoms with Gasteiger partial charge in [-0.3, -0.25) is 14.4 Å². The van der Waals surface area contributed by atoms with Crippen LogP contribution in [0.2, 0.25) is 5.02 Å². The van der Waals surface area contributed by atoms with Crippen LogP contribution in [0, 0.1) is 6.92 Å². The van der Waals surface area contributed by atoms with Crippen molar-refractivity contribution in [1.82, 2.24) is 5.32 Å². The molecule has 1 atom stereocenters. The number of hydrogen-bond donors (Lipinski definition) is 3. The molecule has 0 aliphatic carbocycles. The Bertz CT molecular complexity index is 2170. The summed E-state index contributed by atoms with van der Waals surface area (Å²) in [6.45, 7) is 1.86. The van der Waals surface area contributed by atoms with Crippen molar-refractivity contribution in [3.63, 3.8) is 0 Å². The number of rotatable bonds is 11. The van der Waals surface area contributed by atoms with E-state index in [2.05, 4.69) is 16.0 Å². The third-order valence-corrected chi connectivity index (χ3v) is 9.73. The molecule has 0 radical (unpaired) electrons. The van der Waals surface area contributed by atoms with E-state index in [1.165, 1.54) is 11.8 Å². The summed E-state index contributed by atoms with van der Waals surface area (Å²) in [6, 6.07) is 48.7. The number of carbonyl (C=O) groups is 3. The van der Waals surface area contributed by atoms with Crippen molar-refractivity contribution < 1.29 is 14.4 Å². The van der Waals surface area contributed by atoms with Gasteiger partial charge >= 0.3 is 0 Å². The molecule has 8 heteroatoms. The van der Waals surface area contributed by atoms with Gasteiger partial charge < -0.3 is 16.0 Å². The topological polar surface area (TPSA) is 87.3 Å². The van der Waals surface area contributed by atoms with Crippen LogP contribution in [-0.2, 0) is 9.59 Å². The monoisotopic (exact) mass is 707 g/mol. The van der Waals surface area contributed by atoms with Crippen LogP contribution >= 0.6 is 23.4 Å². The van der Waals surface area contributed by atoms with E-state index in [4.69, 9.17) is 11.6 Å². The molecule has 0 spiro atoms. The van der Waals surface area contributed by atoms with Gasteiger partial charge in [-0.1, -0.05) is 127 Å². The standard InChI is InChI=1S/C43H34ClN3O3S/c1-29-37(44)21-12-22-38(29)46-43(50)40(33-15-7-3-8-16-33)51-36-20-11-19-35(28-36)45-42(49)39(47-41(48)34-17-9-4-10-18-34)27-30-23-25-32(26-24-30)31-13-5-2-6-14-31/h2-28,40H,1H3,(H,45,49)(H,46,50)(H,47,48)/b39-27+. The molecule has 1 unspecified atom stereocenters. The molecule has 0 saturated heterocycles. The Balaban J connectivity index is 1.24. The van der Waals surface area contributed by atoms with Gasteiger partial charge in [0.1, 0.15) is 10.9 Å². The molecule has 6 rings (SSSR count). The Labute approximate surface area is 306 Å². The molecule has 0 bridgehead atoms. The van der Waals surface area contributed by atoms with Crippen molar-refractivity contribution in [2.75, 3.05) is 10.6 Å². The summed E-state index contributed by atoms with van der Waals surface area (Å²) >= 11 is 7.68. The molecule has 51 heavy (non-hydrogen) atoms. The van der Waals surface area contributed by atoms with Gasteiger partial charge in [-0.25, -0.2) is 0 Å². The van der Waals surface area contributed by atoms with Gasteiger partial charge in [-0.05, 0) is 83.3 Å². The van der Waals surface area contributed by atoms with Gasteiger partial charge in [0.05, 0.1) is 0 Å². The van der Waals surface area contributed by atoms with Crippen molar-refractivity contribution >= 4 is 58.5 Å². The quantitative estimate of drug-likeness (QED) is 0.0924. The molecule has 0 aliphatic heterocycles. The predicted molar refractivity (Wildman–Crippen MR) is 209 cm³/mol. The first-order valence-electron chi connectivity index (χ1n) is 16.3. The second kappa shape index (κ2) is 16.7. The van der Waals surface area contributed by atoms with Crippen LogP contribution in [0.25, 0.3) is 17.2 Å². The molecule has 6 nitrogen and oxygen atoms in total. The molecular weight excluding hydrogens is 674 g/mol. The first kappa shape index (κ1) is 35.0. The van der Waals surface area contributed by atoms with Crippen molar-refractivity contribution in [2.45, 2.75) is 17.1 Å². The second-order valence-electron chi connectivity index (χ2n) is 11.7. The summed E-state index contributed by atoms with van der Waals surface area (Å²) < 4.78 is 0. The zero-order chi connectivity index (χ0) is 35.6. The van der Waals surface area contributed by atoms with E-state index in [0.29, 0.717) is 22.0 Å². The van der Waals surface area contributed by atoms with Gasteiger partial charge in [0.25, 0.3) is 11.8 Å². The molecule has 6 aromatic carbocycles. The van der Waals surface area contributed by atoms with Gasteiger partial charge in [-0.2, -0.15) is 0 Å². The van der Waals surface area contributed by atoms with Crippen LogP contribution in [0.4, 0.5) is 11.4 Å². The van der Waals surface area contributed by atoms with Gasteiger partial charge in [-0.15, -0.1) is 11.8 Å². The number of hydrogen-bond acceptors (Lipinski definition) is 4. The van der Waals surface area contributed by atoms with E-state index in [9.17, 15) is 14.4 Å². The number of carbonyl (C=O) groups excluding carboxylic acids is 3. The van der Waals surface area contributed by atoms with E-state index in [1.807, 2.05) is 122 Å². The third kappa shape index (κ3) is 9.22. The summed E-state index contributed by atoms with van der Waals surface area (Å²) in [5.41, 5.74) is 6.10. The minimum absolute atomic E-state index is 0.0767. The van der Waals surface area contributed by atoms with E-state index in [1.54, 1.807) is 48.5 Å². The number of amides is 3. The molecule has 0 aliphatic rings. The number of anilines is 2. The molecule has 3 amide bonds. The van der Waals surface area contributed by atoms with Crippen LogP contribution in [0.3, 0.4) is 0 Å². The van der Waals surface area contributed by atoms with Crippen LogP contribution in [0.15, 0.2) is 168 Å². The molecule has 252 valence electrons. The highest BCUT2D eigenvalue weighted by atomic mass is 35.5. The van der Waals surface area contributed by atoms with E-state index in [0.717, 1.165) is 32.7 Å². The van der Waals surface area contributed by atoms with Gasteiger partial charge in [0.2, 0.25) is 5.91 Å². The van der Waals surface area contributed by atoms with Crippen LogP contribution in [0.1, 0.15) is 32.3 Å². The maximum atomic E-state index is 13.8. The minimum atomic E-state index is -0.602. The molecule has 0 fully saturated rings. The average Bonchev–Trinajstić information content (AvgIpc) is 3.17. The highest BCUT2D eigenvalue weighted by Gasteiger charge is 2.23. The van der Waals surface area contributed by atoms with Crippen LogP contribution in [-0.4, -0.2) is 17.7 Å². The van der Waals surface area contributed by atoms with E-state index >= 15 is 0 Å². The zero-order valence-corrected chi connectivity index (χ0v) is 29.2. The summed E-state index contributed by atoms with van der Waals surface area (Å²) in [5, 5.41) is 8.75. The van der Waals surface area contributed by atoms with Crippen molar-refractivity contribution in [1.29, 1.82) is 0 Å². The van der Waals surface area contributed by atoms with Crippen LogP contribution in [0.5, 0.6) is 0 Å². The smallest absolute Gasteiger partial charge is 0.272 e. The molecule has 0 saturated carbocycles. The summed E-state index contributed by atoms with van der Waals surface area (Å²) in [5.74, 6) is -1.12. The van der Waals surface area contributed by atoms with E-state index < -0.39 is 17.1 Å². The normalized spacial score (nSPS) is 11.7. The minimum Gasteiger partial charge on any atom is -0.325 e. The van der Waals surface area contributed by atoms with E-state index in [-0.39, 0.29) is 11.6 Å². The lowest BCUT2D eigenvalue weighted by Gasteiger charge is -2.19. The largest absolute Gasteiger partial charge is 0.325 e. The fraction of sp³-hybridized carbons (Fsp3) is 0.0465. The molecule has 6 aromatic rings. The Morgan fingerprint density at radius 1 is 0.667 bits per heavy atom. The van der Waals surface area contributed by atoms with Crippen LogP contribution < -0.4 is 16.0 Å². The average molecular weight is 708 g/mol. The first-order chi connectivity index (χ1) is 24.8.